The molecule has 3 rings (SSSR count). The van der Waals surface area contributed by atoms with Crippen molar-refractivity contribution < 1.29 is 5.11 Å². The fourth-order valence-corrected chi connectivity index (χ4v) is 3.19. The summed E-state index contributed by atoms with van der Waals surface area (Å²) in [4.78, 5) is 11.6. The number of pyridine rings is 1. The Morgan fingerprint density at radius 1 is 1.18 bits per heavy atom. The van der Waals surface area contributed by atoms with Gasteiger partial charge in [-0.3, -0.25) is 0 Å². The van der Waals surface area contributed by atoms with Crippen LogP contribution in [0.4, 0.5) is 5.82 Å². The number of nitrogens with one attached hydrogen (secondary N) is 2. The van der Waals surface area contributed by atoms with Crippen LogP contribution < -0.4 is 15.5 Å². The molecule has 6 nitrogen and oxygen atoms in total. The normalized spacial score (nSPS) is 15.1. The summed E-state index contributed by atoms with van der Waals surface area (Å²) in [6.07, 6.45) is 4.04. The molecule has 152 valence electrons. The predicted molar refractivity (Wildman–Crippen MR) is 126 cm³/mol. The van der Waals surface area contributed by atoms with E-state index >= 15 is 0 Å². The number of phenolic OH excluding ortho intramolecular Hbond substituents is 1. The molecule has 0 amide bonds. The lowest BCUT2D eigenvalue weighted by molar-refractivity contribution is 0.459. The largest absolute Gasteiger partial charge is 0.508 e. The zero-order chi connectivity index (χ0) is 19.1. The van der Waals surface area contributed by atoms with Crippen LogP contribution in [0.5, 0.6) is 5.75 Å². The van der Waals surface area contributed by atoms with Crippen LogP contribution in [0.25, 0.3) is 0 Å². The van der Waals surface area contributed by atoms with E-state index in [1.54, 1.807) is 12.1 Å². The molecule has 0 atom stereocenters. The van der Waals surface area contributed by atoms with Crippen molar-refractivity contribution in [2.24, 2.45) is 4.99 Å². The van der Waals surface area contributed by atoms with Gasteiger partial charge in [-0.25, -0.2) is 9.98 Å². The highest BCUT2D eigenvalue weighted by Crippen LogP contribution is 2.18. The predicted octanol–water partition coefficient (Wildman–Crippen LogP) is 3.44. The van der Waals surface area contributed by atoms with Crippen LogP contribution in [0.3, 0.4) is 0 Å². The van der Waals surface area contributed by atoms with Crippen molar-refractivity contribution in [3.63, 3.8) is 0 Å². The summed E-state index contributed by atoms with van der Waals surface area (Å²) >= 11 is 0. The van der Waals surface area contributed by atoms with Gasteiger partial charge < -0.3 is 20.6 Å². The topological polar surface area (TPSA) is 72.8 Å². The molecule has 0 bridgehead atoms. The van der Waals surface area contributed by atoms with E-state index in [1.165, 1.54) is 5.56 Å². The second-order valence-electron chi connectivity index (χ2n) is 6.96. The molecule has 3 N–H and O–H groups in total. The van der Waals surface area contributed by atoms with Gasteiger partial charge in [-0.2, -0.15) is 0 Å². The van der Waals surface area contributed by atoms with Crippen molar-refractivity contribution in [3.05, 3.63) is 53.7 Å². The van der Waals surface area contributed by atoms with Crippen LogP contribution >= 0.6 is 24.0 Å². The van der Waals surface area contributed by atoms with E-state index in [2.05, 4.69) is 51.5 Å². The number of piperidine rings is 1. The van der Waals surface area contributed by atoms with Crippen LogP contribution in [0.2, 0.25) is 0 Å². The van der Waals surface area contributed by atoms with Gasteiger partial charge in [0.05, 0.1) is 6.54 Å². The zero-order valence-electron chi connectivity index (χ0n) is 16.6. The third-order valence-electron chi connectivity index (χ3n) is 4.76. The summed E-state index contributed by atoms with van der Waals surface area (Å²) in [6.45, 7) is 7.53. The first kappa shape index (κ1) is 22.3. The highest BCUT2D eigenvalue weighted by Gasteiger charge is 2.20. The average Bonchev–Trinajstić information content (AvgIpc) is 2.69. The first-order valence-electron chi connectivity index (χ1n) is 9.64. The number of rotatable bonds is 5. The molecule has 1 aromatic heterocycles. The number of nitrogens with zero attached hydrogens (tertiary/aromatic N) is 3. The van der Waals surface area contributed by atoms with E-state index in [1.807, 2.05) is 18.3 Å². The molecular weight excluding hydrogens is 465 g/mol. The molecule has 28 heavy (non-hydrogen) atoms. The minimum atomic E-state index is 0. The Bertz CT molecular complexity index is 740. The number of hydrogen-bond acceptors (Lipinski definition) is 4. The second-order valence-corrected chi connectivity index (χ2v) is 6.96. The minimum absolute atomic E-state index is 0. The Morgan fingerprint density at radius 2 is 1.89 bits per heavy atom. The smallest absolute Gasteiger partial charge is 0.191 e. The summed E-state index contributed by atoms with van der Waals surface area (Å²) in [6, 6.07) is 11.8. The lowest BCUT2D eigenvalue weighted by atomic mass is 10.1. The molecule has 2 heterocycles. The Hall–Kier alpha value is -2.03. The van der Waals surface area contributed by atoms with Crippen LogP contribution in [-0.2, 0) is 6.54 Å². The van der Waals surface area contributed by atoms with Gasteiger partial charge in [0.1, 0.15) is 11.6 Å². The van der Waals surface area contributed by atoms with E-state index in [0.717, 1.165) is 49.8 Å². The van der Waals surface area contributed by atoms with E-state index in [0.29, 0.717) is 12.6 Å². The monoisotopic (exact) mass is 495 g/mol. The van der Waals surface area contributed by atoms with Crippen LogP contribution in [-0.4, -0.2) is 41.7 Å². The maximum absolute atomic E-state index is 9.38. The van der Waals surface area contributed by atoms with Gasteiger partial charge in [0.25, 0.3) is 0 Å². The summed E-state index contributed by atoms with van der Waals surface area (Å²) < 4.78 is 0. The maximum Gasteiger partial charge on any atom is 0.191 e. The number of aryl methyl sites for hydroxylation is 1. The van der Waals surface area contributed by atoms with Crippen molar-refractivity contribution in [3.8, 4) is 5.75 Å². The molecule has 0 saturated carbocycles. The average molecular weight is 495 g/mol. The fourth-order valence-electron chi connectivity index (χ4n) is 3.19. The molecule has 1 fully saturated rings. The molecule has 0 unspecified atom stereocenters. The van der Waals surface area contributed by atoms with Crippen molar-refractivity contribution in [1.29, 1.82) is 0 Å². The van der Waals surface area contributed by atoms with E-state index in [9.17, 15) is 5.11 Å². The van der Waals surface area contributed by atoms with Gasteiger partial charge in [-0.1, -0.05) is 18.2 Å². The van der Waals surface area contributed by atoms with Gasteiger partial charge >= 0.3 is 0 Å². The standard InChI is InChI=1S/C21H29N5O.HI/c1-3-22-21(24-15-17-5-7-19(27)8-6-17)25-18-10-12-26(13-11-18)20-9-4-16(2)14-23-20;/h4-9,14,18,27H,3,10-13,15H2,1-2H3,(H2,22,24,25);1H. The lowest BCUT2D eigenvalue weighted by Gasteiger charge is -2.33. The molecule has 7 heteroatoms. The Morgan fingerprint density at radius 3 is 2.50 bits per heavy atom. The number of benzene rings is 1. The summed E-state index contributed by atoms with van der Waals surface area (Å²) in [7, 11) is 0. The Labute approximate surface area is 184 Å². The number of guanidine groups is 1. The van der Waals surface area contributed by atoms with E-state index < -0.39 is 0 Å². The second kappa shape index (κ2) is 11.1. The van der Waals surface area contributed by atoms with E-state index in [4.69, 9.17) is 0 Å². The lowest BCUT2D eigenvalue weighted by Crippen LogP contribution is -2.48. The molecule has 0 spiro atoms. The van der Waals surface area contributed by atoms with Crippen molar-refractivity contribution in [2.75, 3.05) is 24.5 Å². The number of halogens is 1. The summed E-state index contributed by atoms with van der Waals surface area (Å²) in [5.41, 5.74) is 2.26. The molecule has 2 aromatic rings. The molecule has 0 radical (unpaired) electrons. The molecule has 0 aliphatic carbocycles. The van der Waals surface area contributed by atoms with Crippen molar-refractivity contribution >= 4 is 35.8 Å². The number of aromatic nitrogens is 1. The third kappa shape index (κ3) is 6.54. The number of anilines is 1. The van der Waals surface area contributed by atoms with Crippen molar-refractivity contribution in [1.82, 2.24) is 15.6 Å². The van der Waals surface area contributed by atoms with Crippen LogP contribution in [0.15, 0.2) is 47.6 Å². The van der Waals surface area contributed by atoms with Gasteiger partial charge in [0.2, 0.25) is 0 Å². The molecule has 1 aliphatic rings. The van der Waals surface area contributed by atoms with Gasteiger partial charge in [-0.05, 0) is 56.0 Å². The molecule has 1 aliphatic heterocycles. The molecule has 1 aromatic carbocycles. The van der Waals surface area contributed by atoms with Gasteiger partial charge in [0, 0.05) is 31.9 Å². The van der Waals surface area contributed by atoms with Gasteiger partial charge in [-0.15, -0.1) is 24.0 Å². The first-order valence-corrected chi connectivity index (χ1v) is 9.64. The number of phenols is 1. The van der Waals surface area contributed by atoms with E-state index in [-0.39, 0.29) is 29.7 Å². The van der Waals surface area contributed by atoms with Crippen LogP contribution in [0, 0.1) is 6.92 Å². The maximum atomic E-state index is 9.38. The minimum Gasteiger partial charge on any atom is -0.508 e. The van der Waals surface area contributed by atoms with Gasteiger partial charge in [0.15, 0.2) is 5.96 Å². The van der Waals surface area contributed by atoms with Crippen molar-refractivity contribution in [2.45, 2.75) is 39.3 Å². The number of aliphatic imine (C=N–C) groups is 1. The molecule has 1 saturated heterocycles. The Balaban J connectivity index is 0.00000280. The third-order valence-corrected chi connectivity index (χ3v) is 4.76. The zero-order valence-corrected chi connectivity index (χ0v) is 18.9. The first-order chi connectivity index (χ1) is 13.1. The number of aromatic hydroxyl groups is 1. The molecular formula is C21H30IN5O. The highest BCUT2D eigenvalue weighted by atomic mass is 127. The fraction of sp³-hybridized carbons (Fsp3) is 0.429. The van der Waals surface area contributed by atoms with Crippen LogP contribution in [0.1, 0.15) is 30.9 Å². The quantitative estimate of drug-likeness (QED) is 0.337. The summed E-state index contributed by atoms with van der Waals surface area (Å²) in [5, 5.41) is 16.3. The summed E-state index contributed by atoms with van der Waals surface area (Å²) in [5.74, 6) is 2.19. The Kier molecular flexibility index (Phi) is 8.82. The highest BCUT2D eigenvalue weighted by molar-refractivity contribution is 14.0. The SMILES string of the molecule is CCNC(=NCc1ccc(O)cc1)NC1CCN(c2ccc(C)cn2)CC1.I. The number of hydrogen-bond donors (Lipinski definition) is 3.